The highest BCUT2D eigenvalue weighted by molar-refractivity contribution is 5.94. The smallest absolute Gasteiger partial charge is 0.303 e. The Morgan fingerprint density at radius 1 is 0.750 bits per heavy atom. The average molecular weight is 613 g/mol. The summed E-state index contributed by atoms with van der Waals surface area (Å²) in [5.74, 6) is -2.31. The molecule has 0 radical (unpaired) electrons. The highest BCUT2D eigenvalue weighted by atomic mass is 16.7. The molecule has 44 heavy (non-hydrogen) atoms. The van der Waals surface area contributed by atoms with Crippen LogP contribution in [0.2, 0.25) is 0 Å². The van der Waals surface area contributed by atoms with E-state index in [0.29, 0.717) is 23.7 Å². The lowest BCUT2D eigenvalue weighted by molar-refractivity contribution is -0.252. The van der Waals surface area contributed by atoms with E-state index >= 15 is 0 Å². The van der Waals surface area contributed by atoms with E-state index in [1.165, 1.54) is 20.1 Å². The second-order valence-corrected chi connectivity index (χ2v) is 9.93. The lowest BCUT2D eigenvalue weighted by Gasteiger charge is -2.44. The predicted octanol–water partition coefficient (Wildman–Crippen LogP) is 3.37. The van der Waals surface area contributed by atoms with Gasteiger partial charge in [-0.3, -0.25) is 24.0 Å². The summed E-state index contributed by atoms with van der Waals surface area (Å²) in [4.78, 5) is 60.6. The molecule has 0 saturated carbocycles. The van der Waals surface area contributed by atoms with E-state index in [0.717, 1.165) is 26.3 Å². The second-order valence-electron chi connectivity index (χ2n) is 9.93. The Hall–Kier alpha value is -4.71. The zero-order valence-electron chi connectivity index (χ0n) is 25.2. The van der Waals surface area contributed by atoms with Crippen molar-refractivity contribution >= 4 is 35.7 Å². The zero-order valence-corrected chi connectivity index (χ0v) is 25.2. The number of rotatable bonds is 13. The van der Waals surface area contributed by atoms with Gasteiger partial charge in [0.05, 0.1) is 7.11 Å². The van der Waals surface area contributed by atoms with E-state index in [1.54, 1.807) is 24.3 Å². The van der Waals surface area contributed by atoms with E-state index in [2.05, 4.69) is 0 Å². The summed E-state index contributed by atoms with van der Waals surface area (Å²) in [7, 11) is 1.53. The SMILES string of the molecule is COc1ccc(/C=C/C(=O)C[C@@H]2O[C@H](COC(C)=O)[C@@H](OC(C)=O)[C@H](OC(C)=O)[C@H]2OC(C)=O)cc1OCc1ccccc1. The van der Waals surface area contributed by atoms with Crippen LogP contribution in [-0.4, -0.2) is 73.9 Å². The molecule has 236 valence electrons. The summed E-state index contributed by atoms with van der Waals surface area (Å²) >= 11 is 0. The molecule has 2 aromatic carbocycles. The van der Waals surface area contributed by atoms with Crippen LogP contribution in [0.4, 0.5) is 0 Å². The van der Waals surface area contributed by atoms with Gasteiger partial charge in [-0.2, -0.15) is 0 Å². The Labute approximate surface area is 255 Å². The van der Waals surface area contributed by atoms with Crippen molar-refractivity contribution in [1.29, 1.82) is 0 Å². The van der Waals surface area contributed by atoms with Crippen LogP contribution >= 0.6 is 0 Å². The van der Waals surface area contributed by atoms with Crippen molar-refractivity contribution < 1.29 is 57.1 Å². The topological polar surface area (TPSA) is 150 Å². The number of carbonyl (C=O) groups excluding carboxylic acids is 5. The van der Waals surface area contributed by atoms with Gasteiger partial charge in [0.25, 0.3) is 0 Å². The molecule has 0 amide bonds. The van der Waals surface area contributed by atoms with Gasteiger partial charge >= 0.3 is 23.9 Å². The normalized spacial score (nSPS) is 21.2. The van der Waals surface area contributed by atoms with Crippen molar-refractivity contribution in [2.45, 2.75) is 71.2 Å². The molecule has 1 fully saturated rings. The molecular weight excluding hydrogens is 576 g/mol. The van der Waals surface area contributed by atoms with Gasteiger partial charge in [0, 0.05) is 34.1 Å². The first-order chi connectivity index (χ1) is 21.0. The molecule has 1 saturated heterocycles. The molecule has 1 aliphatic rings. The Kier molecular flexibility index (Phi) is 12.5. The van der Waals surface area contributed by atoms with Crippen molar-refractivity contribution in [2.24, 2.45) is 0 Å². The molecule has 0 aliphatic carbocycles. The average Bonchev–Trinajstić information content (AvgIpc) is 2.97. The molecule has 1 heterocycles. The van der Waals surface area contributed by atoms with Crippen LogP contribution in [0.15, 0.2) is 54.6 Å². The molecular formula is C32H36O12. The number of carbonyl (C=O) groups is 5. The van der Waals surface area contributed by atoms with Crippen LogP contribution in [0.3, 0.4) is 0 Å². The third-order valence-corrected chi connectivity index (χ3v) is 6.38. The molecule has 2 aromatic rings. The van der Waals surface area contributed by atoms with Crippen molar-refractivity contribution in [3.05, 3.63) is 65.7 Å². The van der Waals surface area contributed by atoms with Crippen LogP contribution in [0, 0.1) is 0 Å². The lowest BCUT2D eigenvalue weighted by atomic mass is 9.91. The number of methoxy groups -OCH3 is 1. The maximum Gasteiger partial charge on any atom is 0.303 e. The lowest BCUT2D eigenvalue weighted by Crippen LogP contribution is -2.62. The van der Waals surface area contributed by atoms with Crippen molar-refractivity contribution in [1.82, 2.24) is 0 Å². The standard InChI is InChI=1S/C32H36O12/c1-19(33)39-18-29-31(42-21(3)35)32(43-22(4)36)30(41-20(2)34)28(44-29)16-25(37)13-11-23-12-14-26(38-5)27(15-23)40-17-24-9-7-6-8-10-24/h6-15,28-32H,16-18H2,1-5H3/b13-11+/t28-,29+,30-,31+,32+/m0/s1. The summed E-state index contributed by atoms with van der Waals surface area (Å²) in [6.07, 6.45) is -3.66. The fourth-order valence-corrected chi connectivity index (χ4v) is 4.58. The fourth-order valence-electron chi connectivity index (χ4n) is 4.58. The van der Waals surface area contributed by atoms with Gasteiger partial charge < -0.3 is 33.2 Å². The summed E-state index contributed by atoms with van der Waals surface area (Å²) in [6.45, 7) is 4.50. The van der Waals surface area contributed by atoms with Crippen LogP contribution < -0.4 is 9.47 Å². The van der Waals surface area contributed by atoms with E-state index in [4.69, 9.17) is 33.2 Å². The molecule has 5 atom stereocenters. The number of hydrogen-bond acceptors (Lipinski definition) is 12. The molecule has 0 N–H and O–H groups in total. The van der Waals surface area contributed by atoms with Crippen molar-refractivity contribution in [3.8, 4) is 11.5 Å². The first kappa shape index (κ1) is 33.8. The monoisotopic (exact) mass is 612 g/mol. The minimum atomic E-state index is -1.35. The third-order valence-electron chi connectivity index (χ3n) is 6.38. The maximum atomic E-state index is 13.2. The van der Waals surface area contributed by atoms with Gasteiger partial charge in [0.2, 0.25) is 0 Å². The Morgan fingerprint density at radius 3 is 1.95 bits per heavy atom. The number of ether oxygens (including phenoxy) is 7. The zero-order chi connectivity index (χ0) is 32.2. The minimum absolute atomic E-state index is 0.312. The van der Waals surface area contributed by atoms with E-state index in [-0.39, 0.29) is 13.0 Å². The summed E-state index contributed by atoms with van der Waals surface area (Å²) in [5.41, 5.74) is 1.61. The largest absolute Gasteiger partial charge is 0.493 e. The Bertz CT molecular complexity index is 1350. The Balaban J connectivity index is 1.83. The van der Waals surface area contributed by atoms with E-state index in [1.807, 2.05) is 30.3 Å². The molecule has 12 heteroatoms. The van der Waals surface area contributed by atoms with Crippen LogP contribution in [-0.2, 0) is 54.3 Å². The van der Waals surface area contributed by atoms with Crippen LogP contribution in [0.25, 0.3) is 6.08 Å². The molecule has 0 bridgehead atoms. The Morgan fingerprint density at radius 2 is 1.36 bits per heavy atom. The van der Waals surface area contributed by atoms with Crippen LogP contribution in [0.1, 0.15) is 45.2 Å². The summed E-state index contributed by atoms with van der Waals surface area (Å²) < 4.78 is 38.6. The van der Waals surface area contributed by atoms with Crippen molar-refractivity contribution in [3.63, 3.8) is 0 Å². The van der Waals surface area contributed by atoms with Crippen LogP contribution in [0.5, 0.6) is 11.5 Å². The molecule has 0 aromatic heterocycles. The third kappa shape index (κ3) is 10.2. The molecule has 3 rings (SSSR count). The van der Waals surface area contributed by atoms with E-state index < -0.39 is 60.2 Å². The number of hydrogen-bond donors (Lipinski definition) is 0. The first-order valence-corrected chi connectivity index (χ1v) is 13.8. The van der Waals surface area contributed by atoms with Gasteiger partial charge in [-0.1, -0.05) is 42.5 Å². The second kappa shape index (κ2) is 16.2. The molecule has 0 unspecified atom stereocenters. The minimum Gasteiger partial charge on any atom is -0.493 e. The number of allylic oxidation sites excluding steroid dienone is 1. The van der Waals surface area contributed by atoms with Gasteiger partial charge in [-0.15, -0.1) is 0 Å². The van der Waals surface area contributed by atoms with Gasteiger partial charge in [-0.05, 0) is 29.3 Å². The van der Waals surface area contributed by atoms with Crippen molar-refractivity contribution in [2.75, 3.05) is 13.7 Å². The predicted molar refractivity (Wildman–Crippen MR) is 154 cm³/mol. The quantitative estimate of drug-likeness (QED) is 0.185. The molecule has 1 aliphatic heterocycles. The van der Waals surface area contributed by atoms with Gasteiger partial charge in [-0.25, -0.2) is 0 Å². The summed E-state index contributed by atoms with van der Waals surface area (Å²) in [5, 5.41) is 0. The molecule has 0 spiro atoms. The summed E-state index contributed by atoms with van der Waals surface area (Å²) in [6, 6.07) is 14.8. The fraction of sp³-hybridized carbons (Fsp3) is 0.406. The number of ketones is 1. The first-order valence-electron chi connectivity index (χ1n) is 13.8. The molecule has 12 nitrogen and oxygen atoms in total. The maximum absolute atomic E-state index is 13.2. The number of esters is 4. The van der Waals surface area contributed by atoms with Gasteiger partial charge in [0.15, 0.2) is 35.6 Å². The highest BCUT2D eigenvalue weighted by Crippen LogP contribution is 2.32. The van der Waals surface area contributed by atoms with E-state index in [9.17, 15) is 24.0 Å². The number of benzene rings is 2. The van der Waals surface area contributed by atoms with Gasteiger partial charge in [0.1, 0.15) is 25.4 Å². The highest BCUT2D eigenvalue weighted by Gasteiger charge is 2.52.